The maximum absolute atomic E-state index is 11.7. The first-order chi connectivity index (χ1) is 7.91. The van der Waals surface area contributed by atoms with E-state index in [1.807, 2.05) is 0 Å². The van der Waals surface area contributed by atoms with Gasteiger partial charge in [-0.05, 0) is 13.0 Å². The number of fused-ring (bicyclic) bond motifs is 1. The van der Waals surface area contributed by atoms with Gasteiger partial charge in [0.1, 0.15) is 0 Å². The van der Waals surface area contributed by atoms with E-state index in [1.165, 1.54) is 24.1 Å². The van der Waals surface area contributed by atoms with E-state index in [4.69, 9.17) is 16.3 Å². The number of halogens is 1. The smallest absolute Gasteiger partial charge is 0.314 e. The van der Waals surface area contributed by atoms with Crippen molar-refractivity contribution in [1.82, 2.24) is 0 Å². The maximum atomic E-state index is 11.7. The third kappa shape index (κ3) is 1.80. The number of nitrogens with zero attached hydrogens (tertiary/aromatic N) is 2. The van der Waals surface area contributed by atoms with E-state index in [9.17, 15) is 14.9 Å². The summed E-state index contributed by atoms with van der Waals surface area (Å²) in [6.45, 7) is 1.54. The van der Waals surface area contributed by atoms with Gasteiger partial charge >= 0.3 is 5.69 Å². The summed E-state index contributed by atoms with van der Waals surface area (Å²) in [7, 11) is 1.53. The minimum Gasteiger partial charge on any atom is -0.472 e. The Morgan fingerprint density at radius 1 is 1.53 bits per heavy atom. The minimum atomic E-state index is -0.743. The van der Waals surface area contributed by atoms with E-state index >= 15 is 0 Å². The zero-order chi connectivity index (χ0) is 12.7. The SMILES string of the molecule is C[C@H]1Oc2c(cc(Cl)cc2[N+](=O)[O-])N(C)C1=O. The van der Waals surface area contributed by atoms with Gasteiger partial charge in [-0.3, -0.25) is 14.9 Å². The number of benzene rings is 1. The largest absolute Gasteiger partial charge is 0.472 e. The molecule has 0 saturated carbocycles. The fraction of sp³-hybridized carbons (Fsp3) is 0.300. The molecule has 0 unspecified atom stereocenters. The molecule has 1 aliphatic heterocycles. The normalized spacial score (nSPS) is 18.6. The Morgan fingerprint density at radius 3 is 2.76 bits per heavy atom. The minimum absolute atomic E-state index is 0.0778. The highest BCUT2D eigenvalue weighted by molar-refractivity contribution is 6.31. The molecule has 0 radical (unpaired) electrons. The summed E-state index contributed by atoms with van der Waals surface area (Å²) in [6.07, 6.45) is -0.743. The van der Waals surface area contributed by atoms with Crippen molar-refractivity contribution in [2.45, 2.75) is 13.0 Å². The summed E-state index contributed by atoms with van der Waals surface area (Å²) in [5.74, 6) is -0.192. The highest BCUT2D eigenvalue weighted by Crippen LogP contribution is 2.42. The molecular weight excluding hydrogens is 248 g/mol. The van der Waals surface area contributed by atoms with E-state index in [0.29, 0.717) is 5.69 Å². The van der Waals surface area contributed by atoms with Gasteiger partial charge < -0.3 is 9.64 Å². The van der Waals surface area contributed by atoms with Crippen LogP contribution in [0.15, 0.2) is 12.1 Å². The molecule has 0 bridgehead atoms. The molecule has 6 nitrogen and oxygen atoms in total. The van der Waals surface area contributed by atoms with Crippen molar-refractivity contribution in [1.29, 1.82) is 0 Å². The van der Waals surface area contributed by atoms with Crippen molar-refractivity contribution in [3.63, 3.8) is 0 Å². The molecule has 1 amide bonds. The second-order valence-electron chi connectivity index (χ2n) is 3.69. The number of nitro benzene ring substituents is 1. The molecule has 90 valence electrons. The van der Waals surface area contributed by atoms with E-state index in [-0.39, 0.29) is 22.4 Å². The Bertz CT molecular complexity index is 517. The maximum Gasteiger partial charge on any atom is 0.314 e. The molecule has 17 heavy (non-hydrogen) atoms. The highest BCUT2D eigenvalue weighted by Gasteiger charge is 2.34. The number of nitro groups is 1. The summed E-state index contributed by atoms with van der Waals surface area (Å²) < 4.78 is 5.27. The van der Waals surface area contributed by atoms with Crippen LogP contribution in [-0.4, -0.2) is 24.0 Å². The van der Waals surface area contributed by atoms with E-state index < -0.39 is 11.0 Å². The van der Waals surface area contributed by atoms with Gasteiger partial charge in [-0.1, -0.05) is 11.6 Å². The van der Waals surface area contributed by atoms with Crippen molar-refractivity contribution in [2.75, 3.05) is 11.9 Å². The number of rotatable bonds is 1. The van der Waals surface area contributed by atoms with Crippen LogP contribution in [0.25, 0.3) is 0 Å². The summed E-state index contributed by atoms with van der Waals surface area (Å²) in [5, 5.41) is 11.1. The average molecular weight is 257 g/mol. The molecular formula is C10H9ClN2O4. The Balaban J connectivity index is 2.66. The third-order valence-electron chi connectivity index (χ3n) is 2.55. The lowest BCUT2D eigenvalue weighted by atomic mass is 10.2. The molecule has 1 aliphatic rings. The molecule has 0 saturated heterocycles. The lowest BCUT2D eigenvalue weighted by Gasteiger charge is -2.29. The van der Waals surface area contributed by atoms with E-state index in [2.05, 4.69) is 0 Å². The molecule has 0 fully saturated rings. The Morgan fingerprint density at radius 2 is 2.18 bits per heavy atom. The predicted octanol–water partition coefficient (Wildman–Crippen LogP) is 1.99. The van der Waals surface area contributed by atoms with Crippen LogP contribution in [0.3, 0.4) is 0 Å². The molecule has 0 aromatic heterocycles. The van der Waals surface area contributed by atoms with Crippen molar-refractivity contribution in [2.24, 2.45) is 0 Å². The number of ether oxygens (including phenoxy) is 1. The second-order valence-corrected chi connectivity index (χ2v) is 4.12. The molecule has 1 aromatic rings. The van der Waals surface area contributed by atoms with Crippen LogP contribution in [0.2, 0.25) is 5.02 Å². The van der Waals surface area contributed by atoms with Crippen LogP contribution in [0.4, 0.5) is 11.4 Å². The molecule has 1 heterocycles. The van der Waals surface area contributed by atoms with Gasteiger partial charge in [0.15, 0.2) is 6.10 Å². The van der Waals surface area contributed by atoms with Crippen LogP contribution in [-0.2, 0) is 4.79 Å². The number of amides is 1. The molecule has 2 rings (SSSR count). The Hall–Kier alpha value is -1.82. The topological polar surface area (TPSA) is 72.7 Å². The van der Waals surface area contributed by atoms with Gasteiger partial charge in [0.25, 0.3) is 5.91 Å². The summed E-state index contributed by atoms with van der Waals surface area (Å²) in [5.41, 5.74) is 0.0750. The van der Waals surface area contributed by atoms with Crippen LogP contribution < -0.4 is 9.64 Å². The highest BCUT2D eigenvalue weighted by atomic mass is 35.5. The quantitative estimate of drug-likeness (QED) is 0.569. The first-order valence-electron chi connectivity index (χ1n) is 4.84. The zero-order valence-corrected chi connectivity index (χ0v) is 9.89. The van der Waals surface area contributed by atoms with Crippen molar-refractivity contribution in [3.8, 4) is 5.75 Å². The number of anilines is 1. The fourth-order valence-corrected chi connectivity index (χ4v) is 1.90. The fourth-order valence-electron chi connectivity index (χ4n) is 1.69. The van der Waals surface area contributed by atoms with Crippen molar-refractivity contribution in [3.05, 3.63) is 27.3 Å². The number of carbonyl (C=O) groups excluding carboxylic acids is 1. The van der Waals surface area contributed by atoms with Crippen LogP contribution >= 0.6 is 11.6 Å². The first-order valence-corrected chi connectivity index (χ1v) is 5.21. The van der Waals surface area contributed by atoms with Gasteiger partial charge in [0.05, 0.1) is 10.6 Å². The van der Waals surface area contributed by atoms with Crippen LogP contribution in [0.5, 0.6) is 5.75 Å². The van der Waals surface area contributed by atoms with Crippen LogP contribution in [0, 0.1) is 10.1 Å². The average Bonchev–Trinajstić information content (AvgIpc) is 2.26. The van der Waals surface area contributed by atoms with E-state index in [1.54, 1.807) is 6.92 Å². The standard InChI is InChI=1S/C10H9ClN2O4/c1-5-10(14)12(2)7-3-6(11)4-8(13(15)16)9(7)17-5/h3-5H,1-2H3/t5-/m1/s1. The molecule has 7 heteroatoms. The summed E-state index contributed by atoms with van der Waals surface area (Å²) in [4.78, 5) is 23.3. The number of carbonyl (C=O) groups is 1. The first kappa shape index (κ1) is 11.7. The zero-order valence-electron chi connectivity index (χ0n) is 9.14. The molecule has 0 N–H and O–H groups in total. The van der Waals surface area contributed by atoms with Crippen molar-refractivity contribution >= 4 is 28.9 Å². The summed E-state index contributed by atoms with van der Waals surface area (Å²) in [6, 6.07) is 2.67. The Kier molecular flexibility index (Phi) is 2.66. The number of hydrogen-bond donors (Lipinski definition) is 0. The number of hydrogen-bond acceptors (Lipinski definition) is 4. The lowest BCUT2D eigenvalue weighted by molar-refractivity contribution is -0.385. The van der Waals surface area contributed by atoms with Gasteiger partial charge in [-0.15, -0.1) is 0 Å². The third-order valence-corrected chi connectivity index (χ3v) is 2.76. The molecule has 0 spiro atoms. The Labute approximate surface area is 102 Å². The molecule has 1 aromatic carbocycles. The summed E-state index contributed by atoms with van der Waals surface area (Å²) >= 11 is 5.78. The van der Waals surface area contributed by atoms with Crippen LogP contribution in [0.1, 0.15) is 6.92 Å². The molecule has 0 aliphatic carbocycles. The number of likely N-dealkylation sites (N-methyl/N-ethyl adjacent to an activating group) is 1. The van der Waals surface area contributed by atoms with E-state index in [0.717, 1.165) is 0 Å². The second kappa shape index (κ2) is 3.89. The monoisotopic (exact) mass is 256 g/mol. The van der Waals surface area contributed by atoms with Gasteiger partial charge in [0, 0.05) is 18.1 Å². The van der Waals surface area contributed by atoms with Crippen molar-refractivity contribution < 1.29 is 14.5 Å². The predicted molar refractivity (Wildman–Crippen MR) is 61.6 cm³/mol. The lowest BCUT2D eigenvalue weighted by Crippen LogP contribution is -2.42. The van der Waals surface area contributed by atoms with Gasteiger partial charge in [0.2, 0.25) is 5.75 Å². The van der Waals surface area contributed by atoms with Gasteiger partial charge in [-0.2, -0.15) is 0 Å². The molecule has 1 atom stereocenters. The van der Waals surface area contributed by atoms with Gasteiger partial charge in [-0.25, -0.2) is 0 Å².